The van der Waals surface area contributed by atoms with Crippen molar-refractivity contribution in [2.45, 2.75) is 26.0 Å². The first kappa shape index (κ1) is 14.7. The SMILES string of the molecule is COC(=O)C(NCC(O)c1ccccc1)C(C)C. The Hall–Kier alpha value is -1.39. The summed E-state index contributed by atoms with van der Waals surface area (Å²) in [5, 5.41) is 13.0. The number of rotatable bonds is 6. The summed E-state index contributed by atoms with van der Waals surface area (Å²) < 4.78 is 4.73. The second-order valence-corrected chi connectivity index (χ2v) is 4.58. The summed E-state index contributed by atoms with van der Waals surface area (Å²) >= 11 is 0. The van der Waals surface area contributed by atoms with Crippen LogP contribution in [-0.4, -0.2) is 30.8 Å². The fourth-order valence-corrected chi connectivity index (χ4v) is 1.75. The van der Waals surface area contributed by atoms with E-state index in [0.717, 1.165) is 5.56 Å². The number of esters is 1. The van der Waals surface area contributed by atoms with Crippen LogP contribution in [0, 0.1) is 5.92 Å². The normalized spacial score (nSPS) is 14.3. The number of hydrogen-bond acceptors (Lipinski definition) is 4. The van der Waals surface area contributed by atoms with Crippen LogP contribution in [0.4, 0.5) is 0 Å². The van der Waals surface area contributed by atoms with Crippen molar-refractivity contribution in [3.8, 4) is 0 Å². The third-order valence-corrected chi connectivity index (χ3v) is 2.84. The van der Waals surface area contributed by atoms with Crippen molar-refractivity contribution in [2.24, 2.45) is 5.92 Å². The molecule has 1 aromatic carbocycles. The van der Waals surface area contributed by atoms with Gasteiger partial charge in [0.1, 0.15) is 6.04 Å². The van der Waals surface area contributed by atoms with Crippen molar-refractivity contribution in [1.29, 1.82) is 0 Å². The predicted octanol–water partition coefficient (Wildman–Crippen LogP) is 1.51. The number of methoxy groups -OCH3 is 1. The minimum absolute atomic E-state index is 0.112. The first-order valence-corrected chi connectivity index (χ1v) is 6.10. The summed E-state index contributed by atoms with van der Waals surface area (Å²) in [7, 11) is 1.37. The van der Waals surface area contributed by atoms with E-state index in [-0.39, 0.29) is 11.9 Å². The van der Waals surface area contributed by atoms with Gasteiger partial charge in [-0.1, -0.05) is 44.2 Å². The zero-order chi connectivity index (χ0) is 13.5. The smallest absolute Gasteiger partial charge is 0.323 e. The van der Waals surface area contributed by atoms with E-state index in [1.807, 2.05) is 44.2 Å². The lowest BCUT2D eigenvalue weighted by Crippen LogP contribution is -2.43. The fraction of sp³-hybridized carbons (Fsp3) is 0.500. The Balaban J connectivity index is 2.55. The van der Waals surface area contributed by atoms with Crippen molar-refractivity contribution in [2.75, 3.05) is 13.7 Å². The van der Waals surface area contributed by atoms with Gasteiger partial charge in [0, 0.05) is 6.54 Å². The summed E-state index contributed by atoms with van der Waals surface area (Å²) in [6, 6.07) is 8.96. The number of ether oxygens (including phenoxy) is 1. The van der Waals surface area contributed by atoms with Gasteiger partial charge in [-0.05, 0) is 11.5 Å². The van der Waals surface area contributed by atoms with Crippen molar-refractivity contribution in [3.05, 3.63) is 35.9 Å². The molecule has 4 nitrogen and oxygen atoms in total. The summed E-state index contributed by atoms with van der Waals surface area (Å²) in [6.07, 6.45) is -0.628. The molecule has 0 amide bonds. The molecule has 0 aliphatic carbocycles. The quantitative estimate of drug-likeness (QED) is 0.752. The van der Waals surface area contributed by atoms with Crippen molar-refractivity contribution in [3.63, 3.8) is 0 Å². The highest BCUT2D eigenvalue weighted by Gasteiger charge is 2.23. The molecule has 0 aliphatic rings. The third-order valence-electron chi connectivity index (χ3n) is 2.84. The summed E-state index contributed by atoms with van der Waals surface area (Å²) in [5.41, 5.74) is 0.831. The average Bonchev–Trinajstić information content (AvgIpc) is 2.39. The van der Waals surface area contributed by atoms with Crippen LogP contribution in [0.15, 0.2) is 30.3 Å². The van der Waals surface area contributed by atoms with Crippen LogP contribution in [0.1, 0.15) is 25.5 Å². The zero-order valence-corrected chi connectivity index (χ0v) is 11.1. The van der Waals surface area contributed by atoms with Crippen molar-refractivity contribution >= 4 is 5.97 Å². The molecule has 0 spiro atoms. The van der Waals surface area contributed by atoms with Gasteiger partial charge in [0.05, 0.1) is 13.2 Å². The highest BCUT2D eigenvalue weighted by atomic mass is 16.5. The van der Waals surface area contributed by atoms with Crippen LogP contribution in [0.5, 0.6) is 0 Å². The predicted molar refractivity (Wildman–Crippen MR) is 70.0 cm³/mol. The van der Waals surface area contributed by atoms with Gasteiger partial charge in [0.15, 0.2) is 0 Å². The van der Waals surface area contributed by atoms with E-state index in [4.69, 9.17) is 4.74 Å². The zero-order valence-electron chi connectivity index (χ0n) is 11.1. The van der Waals surface area contributed by atoms with Gasteiger partial charge in [-0.2, -0.15) is 0 Å². The molecule has 0 aromatic heterocycles. The molecule has 0 fully saturated rings. The molecule has 0 saturated heterocycles. The molecular formula is C14H21NO3. The van der Waals surface area contributed by atoms with Crippen molar-refractivity contribution < 1.29 is 14.6 Å². The molecule has 18 heavy (non-hydrogen) atoms. The maximum Gasteiger partial charge on any atom is 0.323 e. The monoisotopic (exact) mass is 251 g/mol. The summed E-state index contributed by atoms with van der Waals surface area (Å²) in [6.45, 7) is 4.19. The van der Waals surface area contributed by atoms with E-state index < -0.39 is 12.1 Å². The molecule has 2 N–H and O–H groups in total. The minimum atomic E-state index is -0.628. The Morgan fingerprint density at radius 2 is 1.94 bits per heavy atom. The van der Waals surface area contributed by atoms with Gasteiger partial charge in [-0.25, -0.2) is 0 Å². The van der Waals surface area contributed by atoms with Gasteiger partial charge in [-0.15, -0.1) is 0 Å². The molecule has 2 atom stereocenters. The number of hydrogen-bond donors (Lipinski definition) is 2. The van der Waals surface area contributed by atoms with Crippen LogP contribution in [0.25, 0.3) is 0 Å². The second-order valence-electron chi connectivity index (χ2n) is 4.58. The number of aliphatic hydroxyl groups excluding tert-OH is 1. The number of nitrogens with one attached hydrogen (secondary N) is 1. The first-order valence-electron chi connectivity index (χ1n) is 6.10. The lowest BCUT2D eigenvalue weighted by atomic mass is 10.0. The van der Waals surface area contributed by atoms with Gasteiger partial charge >= 0.3 is 5.97 Å². The van der Waals surface area contributed by atoms with Gasteiger partial charge in [0.25, 0.3) is 0 Å². The fourth-order valence-electron chi connectivity index (χ4n) is 1.75. The molecule has 100 valence electrons. The van der Waals surface area contributed by atoms with Gasteiger partial charge in [0.2, 0.25) is 0 Å². The number of carbonyl (C=O) groups excluding carboxylic acids is 1. The van der Waals surface area contributed by atoms with Crippen LogP contribution >= 0.6 is 0 Å². The molecule has 0 heterocycles. The molecule has 0 radical (unpaired) electrons. The van der Waals surface area contributed by atoms with Crippen molar-refractivity contribution in [1.82, 2.24) is 5.32 Å². The van der Waals surface area contributed by atoms with E-state index in [0.29, 0.717) is 6.54 Å². The third kappa shape index (κ3) is 4.13. The molecule has 0 saturated carbocycles. The Kier molecular flexibility index (Phi) is 5.82. The molecule has 0 bridgehead atoms. The van der Waals surface area contributed by atoms with Crippen LogP contribution < -0.4 is 5.32 Å². The van der Waals surface area contributed by atoms with Gasteiger partial charge < -0.3 is 15.2 Å². The van der Waals surface area contributed by atoms with Crippen LogP contribution in [-0.2, 0) is 9.53 Å². The molecule has 2 unspecified atom stereocenters. The Morgan fingerprint density at radius 3 is 2.44 bits per heavy atom. The molecular weight excluding hydrogens is 230 g/mol. The molecule has 1 rings (SSSR count). The number of carbonyl (C=O) groups is 1. The summed E-state index contributed by atoms with van der Waals surface area (Å²) in [5.74, 6) is -0.189. The topological polar surface area (TPSA) is 58.6 Å². The van der Waals surface area contributed by atoms with Crippen LogP contribution in [0.2, 0.25) is 0 Å². The van der Waals surface area contributed by atoms with Gasteiger partial charge in [-0.3, -0.25) is 4.79 Å². The maximum absolute atomic E-state index is 11.5. The van der Waals surface area contributed by atoms with E-state index in [9.17, 15) is 9.90 Å². The largest absolute Gasteiger partial charge is 0.468 e. The molecule has 4 heteroatoms. The summed E-state index contributed by atoms with van der Waals surface area (Å²) in [4.78, 5) is 11.5. The Morgan fingerprint density at radius 1 is 1.33 bits per heavy atom. The molecule has 0 aliphatic heterocycles. The minimum Gasteiger partial charge on any atom is -0.468 e. The standard InChI is InChI=1S/C14H21NO3/c1-10(2)13(14(17)18-3)15-9-12(16)11-7-5-4-6-8-11/h4-8,10,12-13,15-16H,9H2,1-3H3. The van der Waals surface area contributed by atoms with Crippen LogP contribution in [0.3, 0.4) is 0 Å². The lowest BCUT2D eigenvalue weighted by molar-refractivity contribution is -0.144. The Bertz CT molecular complexity index is 365. The first-order chi connectivity index (χ1) is 8.56. The maximum atomic E-state index is 11.5. The van der Waals surface area contributed by atoms with E-state index in [2.05, 4.69) is 5.32 Å². The highest BCUT2D eigenvalue weighted by Crippen LogP contribution is 2.12. The molecule has 1 aromatic rings. The van der Waals surface area contributed by atoms with E-state index in [1.165, 1.54) is 7.11 Å². The Labute approximate surface area is 108 Å². The number of aliphatic hydroxyl groups is 1. The van der Waals surface area contributed by atoms with E-state index in [1.54, 1.807) is 0 Å². The average molecular weight is 251 g/mol. The lowest BCUT2D eigenvalue weighted by Gasteiger charge is -2.21. The highest BCUT2D eigenvalue weighted by molar-refractivity contribution is 5.75. The number of benzene rings is 1. The van der Waals surface area contributed by atoms with E-state index >= 15 is 0 Å². The second kappa shape index (κ2) is 7.13.